The number of para-hydroxylation sites is 1. The van der Waals surface area contributed by atoms with E-state index in [1.165, 1.54) is 30.6 Å². The number of fused-ring (bicyclic) bond motifs is 3. The van der Waals surface area contributed by atoms with Crippen molar-refractivity contribution in [3.05, 3.63) is 65.6 Å². The third-order valence-electron chi connectivity index (χ3n) is 6.02. The minimum atomic E-state index is -0.581. The van der Waals surface area contributed by atoms with Crippen LogP contribution in [0.15, 0.2) is 42.9 Å². The maximum Gasteiger partial charge on any atom is 0.256 e. The van der Waals surface area contributed by atoms with Crippen LogP contribution in [0.5, 0.6) is 5.88 Å². The molecule has 0 N–H and O–H groups in total. The SMILES string of the molecule is Cc1cnc(OC2CC3CCC2N(C(=O)c2cccc(F)c2-n2nccn2)C3)c(F)c1. The number of piperidine rings is 2. The molecular weight excluding hydrogens is 404 g/mol. The normalized spacial score (nSPS) is 22.5. The predicted octanol–water partition coefficient (Wildman–Crippen LogP) is 3.32. The van der Waals surface area contributed by atoms with Crippen LogP contribution in [-0.2, 0) is 0 Å². The molecule has 1 amide bonds. The zero-order valence-corrected chi connectivity index (χ0v) is 16.9. The van der Waals surface area contributed by atoms with Crippen LogP contribution >= 0.6 is 0 Å². The second-order valence-electron chi connectivity index (χ2n) is 8.11. The fraction of sp³-hybridized carbons (Fsp3) is 0.364. The Labute approximate surface area is 177 Å². The number of hydrogen-bond donors (Lipinski definition) is 0. The Morgan fingerprint density at radius 3 is 2.71 bits per heavy atom. The zero-order valence-electron chi connectivity index (χ0n) is 16.9. The van der Waals surface area contributed by atoms with Crippen LogP contribution in [0.2, 0.25) is 0 Å². The summed E-state index contributed by atoms with van der Waals surface area (Å²) >= 11 is 0. The molecule has 2 aromatic heterocycles. The molecule has 3 atom stereocenters. The third kappa shape index (κ3) is 3.54. The smallest absolute Gasteiger partial charge is 0.256 e. The first-order chi connectivity index (χ1) is 15.0. The lowest BCUT2D eigenvalue weighted by Gasteiger charge is -2.49. The molecule has 2 aliphatic heterocycles. The number of carbonyl (C=O) groups is 1. The summed E-state index contributed by atoms with van der Waals surface area (Å²) in [5.74, 6) is -1.23. The van der Waals surface area contributed by atoms with Gasteiger partial charge in [-0.25, -0.2) is 13.8 Å². The van der Waals surface area contributed by atoms with Crippen molar-refractivity contribution in [1.29, 1.82) is 0 Å². The van der Waals surface area contributed by atoms with E-state index in [4.69, 9.17) is 4.74 Å². The molecule has 2 saturated heterocycles. The van der Waals surface area contributed by atoms with Gasteiger partial charge in [0, 0.05) is 12.7 Å². The molecular formula is C22H21F2N5O2. The maximum absolute atomic E-state index is 14.6. The highest BCUT2D eigenvalue weighted by molar-refractivity contribution is 5.98. The van der Waals surface area contributed by atoms with E-state index in [0.717, 1.165) is 24.1 Å². The Hall–Kier alpha value is -3.36. The molecule has 0 radical (unpaired) electrons. The molecule has 3 aromatic rings. The highest BCUT2D eigenvalue weighted by Crippen LogP contribution is 2.38. The molecule has 6 rings (SSSR count). The van der Waals surface area contributed by atoms with E-state index in [-0.39, 0.29) is 41.1 Å². The van der Waals surface area contributed by atoms with E-state index < -0.39 is 11.6 Å². The molecule has 1 saturated carbocycles. The van der Waals surface area contributed by atoms with Gasteiger partial charge >= 0.3 is 0 Å². The number of carbonyl (C=O) groups excluding carboxylic acids is 1. The van der Waals surface area contributed by atoms with Gasteiger partial charge in [0.1, 0.15) is 11.8 Å². The number of ether oxygens (including phenoxy) is 1. The largest absolute Gasteiger partial charge is 0.470 e. The van der Waals surface area contributed by atoms with E-state index in [2.05, 4.69) is 15.2 Å². The highest BCUT2D eigenvalue weighted by Gasteiger charge is 2.45. The van der Waals surface area contributed by atoms with Crippen LogP contribution in [0.1, 0.15) is 35.2 Å². The van der Waals surface area contributed by atoms with Crippen molar-refractivity contribution in [1.82, 2.24) is 24.9 Å². The Morgan fingerprint density at radius 1 is 1.16 bits per heavy atom. The van der Waals surface area contributed by atoms with Gasteiger partial charge in [-0.3, -0.25) is 4.79 Å². The minimum Gasteiger partial charge on any atom is -0.470 e. The minimum absolute atomic E-state index is 0.0164. The lowest BCUT2D eigenvalue weighted by molar-refractivity contribution is -0.0326. The summed E-state index contributed by atoms with van der Waals surface area (Å²) in [4.78, 5) is 20.4. The van der Waals surface area contributed by atoms with Gasteiger partial charge in [0.2, 0.25) is 0 Å². The molecule has 3 unspecified atom stereocenters. The first kappa shape index (κ1) is 19.6. The van der Waals surface area contributed by atoms with E-state index in [1.54, 1.807) is 24.1 Å². The average Bonchev–Trinajstić information content (AvgIpc) is 3.30. The predicted molar refractivity (Wildman–Crippen MR) is 107 cm³/mol. The van der Waals surface area contributed by atoms with Crippen molar-refractivity contribution in [3.63, 3.8) is 0 Å². The summed E-state index contributed by atoms with van der Waals surface area (Å²) in [6.45, 7) is 2.31. The van der Waals surface area contributed by atoms with E-state index in [0.29, 0.717) is 12.1 Å². The van der Waals surface area contributed by atoms with E-state index in [1.807, 2.05) is 0 Å². The Balaban J connectivity index is 1.45. The molecule has 31 heavy (non-hydrogen) atoms. The summed E-state index contributed by atoms with van der Waals surface area (Å²) in [6, 6.07) is 5.47. The standard InChI is InChI=1S/C22H21F2N5O2/c1-13-9-17(24)21(25-11-13)31-19-10-14-5-6-18(19)28(12-14)22(30)15-3-2-4-16(23)20(15)29-26-7-8-27-29/h2-4,7-9,11,14,18-19H,5-6,10,12H2,1H3. The van der Waals surface area contributed by atoms with Gasteiger partial charge < -0.3 is 9.64 Å². The highest BCUT2D eigenvalue weighted by atomic mass is 19.1. The Bertz CT molecular complexity index is 1120. The first-order valence-electron chi connectivity index (χ1n) is 10.3. The summed E-state index contributed by atoms with van der Waals surface area (Å²) in [5.41, 5.74) is 0.905. The van der Waals surface area contributed by atoms with Crippen molar-refractivity contribution < 1.29 is 18.3 Å². The van der Waals surface area contributed by atoms with Gasteiger partial charge in [0.25, 0.3) is 11.8 Å². The van der Waals surface area contributed by atoms with Gasteiger partial charge in [-0.2, -0.15) is 10.2 Å². The molecule has 4 heterocycles. The molecule has 1 aromatic carbocycles. The summed E-state index contributed by atoms with van der Waals surface area (Å²) < 4.78 is 34.9. The number of halogens is 2. The van der Waals surface area contributed by atoms with Gasteiger partial charge in [-0.15, -0.1) is 4.80 Å². The van der Waals surface area contributed by atoms with Gasteiger partial charge in [0.05, 0.1) is 24.0 Å². The van der Waals surface area contributed by atoms with E-state index >= 15 is 0 Å². The average molecular weight is 425 g/mol. The van der Waals surface area contributed by atoms with Crippen LogP contribution in [0.25, 0.3) is 5.69 Å². The Morgan fingerprint density at radius 2 is 1.97 bits per heavy atom. The molecule has 3 aliphatic rings. The molecule has 2 bridgehead atoms. The first-order valence-corrected chi connectivity index (χ1v) is 10.3. The fourth-order valence-corrected chi connectivity index (χ4v) is 4.62. The van der Waals surface area contributed by atoms with Crippen molar-refractivity contribution in [2.75, 3.05) is 6.54 Å². The molecule has 0 spiro atoms. The summed E-state index contributed by atoms with van der Waals surface area (Å²) in [7, 11) is 0. The molecule has 3 fully saturated rings. The molecule has 160 valence electrons. The number of pyridine rings is 1. The molecule has 7 nitrogen and oxygen atoms in total. The fourth-order valence-electron chi connectivity index (χ4n) is 4.62. The zero-order chi connectivity index (χ0) is 21.5. The van der Waals surface area contributed by atoms with Crippen molar-refractivity contribution >= 4 is 5.91 Å². The van der Waals surface area contributed by atoms with Gasteiger partial charge in [-0.1, -0.05) is 6.07 Å². The van der Waals surface area contributed by atoms with Crippen LogP contribution < -0.4 is 4.74 Å². The summed E-state index contributed by atoms with van der Waals surface area (Å²) in [6.07, 6.45) is 6.46. The molecule has 9 heteroatoms. The van der Waals surface area contributed by atoms with Crippen LogP contribution in [0.4, 0.5) is 8.78 Å². The second-order valence-corrected chi connectivity index (χ2v) is 8.11. The topological polar surface area (TPSA) is 73.1 Å². The monoisotopic (exact) mass is 425 g/mol. The van der Waals surface area contributed by atoms with Crippen LogP contribution in [0.3, 0.4) is 0 Å². The number of hydrogen-bond acceptors (Lipinski definition) is 5. The van der Waals surface area contributed by atoms with Gasteiger partial charge in [-0.05, 0) is 55.9 Å². The van der Waals surface area contributed by atoms with Crippen LogP contribution in [0, 0.1) is 24.5 Å². The lowest BCUT2D eigenvalue weighted by Crippen LogP contribution is -2.59. The third-order valence-corrected chi connectivity index (χ3v) is 6.02. The number of benzene rings is 1. The second kappa shape index (κ2) is 7.72. The Kier molecular flexibility index (Phi) is 4.88. The maximum atomic E-state index is 14.6. The van der Waals surface area contributed by atoms with Crippen molar-refractivity contribution in [2.24, 2.45) is 5.92 Å². The number of aromatic nitrogens is 4. The summed E-state index contributed by atoms with van der Waals surface area (Å²) in [5, 5.41) is 7.98. The number of rotatable bonds is 4. The number of aryl methyl sites for hydroxylation is 1. The van der Waals surface area contributed by atoms with Crippen LogP contribution in [-0.4, -0.2) is 49.5 Å². The van der Waals surface area contributed by atoms with Crippen molar-refractivity contribution in [3.8, 4) is 11.6 Å². The number of nitrogens with zero attached hydrogens (tertiary/aromatic N) is 5. The lowest BCUT2D eigenvalue weighted by atomic mass is 9.77. The number of amides is 1. The van der Waals surface area contributed by atoms with Crippen molar-refractivity contribution in [2.45, 2.75) is 38.3 Å². The molecule has 1 aliphatic carbocycles. The van der Waals surface area contributed by atoms with E-state index in [9.17, 15) is 13.6 Å². The van der Waals surface area contributed by atoms with Gasteiger partial charge in [0.15, 0.2) is 11.6 Å². The quantitative estimate of drug-likeness (QED) is 0.641.